The van der Waals surface area contributed by atoms with Gasteiger partial charge in [-0.1, -0.05) is 0 Å². The lowest BCUT2D eigenvalue weighted by Crippen LogP contribution is -2.42. The molecule has 1 N–H and O–H groups in total. The highest BCUT2D eigenvalue weighted by Gasteiger charge is 2.14. The lowest BCUT2D eigenvalue weighted by atomic mass is 10.2. The van der Waals surface area contributed by atoms with Gasteiger partial charge in [-0.2, -0.15) is 9.61 Å². The molecule has 0 bridgehead atoms. The zero-order chi connectivity index (χ0) is 13.9. The highest BCUT2D eigenvalue weighted by Crippen LogP contribution is 2.14. The van der Waals surface area contributed by atoms with E-state index in [1.165, 1.54) is 5.56 Å². The lowest BCUT2D eigenvalue weighted by molar-refractivity contribution is 0.0368. The number of rotatable bonds is 4. The maximum Gasteiger partial charge on any atom is 0.157 e. The van der Waals surface area contributed by atoms with Crippen LogP contribution in [0.4, 0.5) is 5.82 Å². The van der Waals surface area contributed by atoms with E-state index in [9.17, 15) is 0 Å². The summed E-state index contributed by atoms with van der Waals surface area (Å²) in [6.07, 6.45) is 1.59. The van der Waals surface area contributed by atoms with Crippen molar-refractivity contribution < 1.29 is 4.74 Å². The molecule has 0 aromatic carbocycles. The number of hydrogen-bond acceptors (Lipinski definition) is 5. The molecule has 108 valence electrons. The molecule has 0 aliphatic carbocycles. The van der Waals surface area contributed by atoms with E-state index >= 15 is 0 Å². The number of hydrogen-bond donors (Lipinski definition) is 1. The summed E-state index contributed by atoms with van der Waals surface area (Å²) in [5.74, 6) is 0.998. The molecule has 1 unspecified atom stereocenters. The normalized spacial score (nSPS) is 18.3. The van der Waals surface area contributed by atoms with Gasteiger partial charge in [0.05, 0.1) is 13.2 Å². The quantitative estimate of drug-likeness (QED) is 0.908. The Bertz CT molecular complexity index is 576. The average Bonchev–Trinajstić information content (AvgIpc) is 2.88. The Morgan fingerprint density at radius 3 is 2.95 bits per heavy atom. The van der Waals surface area contributed by atoms with E-state index in [1.807, 2.05) is 10.6 Å². The Labute approximate surface area is 118 Å². The second-order valence-corrected chi connectivity index (χ2v) is 5.41. The number of pyridine rings is 1. The van der Waals surface area contributed by atoms with Crippen LogP contribution in [0.5, 0.6) is 0 Å². The van der Waals surface area contributed by atoms with Gasteiger partial charge < -0.3 is 10.1 Å². The van der Waals surface area contributed by atoms with Crippen LogP contribution in [0.25, 0.3) is 5.65 Å². The summed E-state index contributed by atoms with van der Waals surface area (Å²) in [6, 6.07) is 4.49. The molecular formula is C14H21N5O. The number of morpholine rings is 1. The lowest BCUT2D eigenvalue weighted by Gasteiger charge is -2.29. The number of ether oxygens (including phenoxy) is 1. The average molecular weight is 275 g/mol. The Morgan fingerprint density at radius 1 is 1.35 bits per heavy atom. The van der Waals surface area contributed by atoms with E-state index in [0.29, 0.717) is 6.04 Å². The van der Waals surface area contributed by atoms with E-state index in [4.69, 9.17) is 4.74 Å². The van der Waals surface area contributed by atoms with E-state index in [2.05, 4.69) is 40.2 Å². The van der Waals surface area contributed by atoms with Gasteiger partial charge in [0.2, 0.25) is 0 Å². The van der Waals surface area contributed by atoms with Crippen LogP contribution in [-0.2, 0) is 4.74 Å². The second kappa shape index (κ2) is 5.76. The summed E-state index contributed by atoms with van der Waals surface area (Å²) in [6.45, 7) is 8.98. The minimum atomic E-state index is 0.349. The van der Waals surface area contributed by atoms with Crippen LogP contribution >= 0.6 is 0 Å². The predicted molar refractivity (Wildman–Crippen MR) is 78.1 cm³/mol. The smallest absolute Gasteiger partial charge is 0.157 e. The SMILES string of the molecule is Cc1cc(NC(C)CN2CCOCC2)n2ncnc2c1. The van der Waals surface area contributed by atoms with Gasteiger partial charge in [0, 0.05) is 25.7 Å². The third-order valence-electron chi connectivity index (χ3n) is 3.55. The first-order chi connectivity index (χ1) is 9.72. The van der Waals surface area contributed by atoms with Crippen molar-refractivity contribution in [3.8, 4) is 0 Å². The molecule has 6 nitrogen and oxygen atoms in total. The van der Waals surface area contributed by atoms with Gasteiger partial charge in [0.15, 0.2) is 5.65 Å². The van der Waals surface area contributed by atoms with Crippen molar-refractivity contribution in [3.63, 3.8) is 0 Å². The fourth-order valence-corrected chi connectivity index (χ4v) is 2.63. The molecule has 2 aromatic rings. The van der Waals surface area contributed by atoms with Crippen molar-refractivity contribution in [2.45, 2.75) is 19.9 Å². The van der Waals surface area contributed by atoms with Crippen LogP contribution in [0.2, 0.25) is 0 Å². The van der Waals surface area contributed by atoms with Crippen LogP contribution in [0.15, 0.2) is 18.5 Å². The highest BCUT2D eigenvalue weighted by molar-refractivity contribution is 5.51. The number of aromatic nitrogens is 3. The molecule has 1 saturated heterocycles. The number of aryl methyl sites for hydroxylation is 1. The molecule has 0 amide bonds. The third-order valence-corrected chi connectivity index (χ3v) is 3.55. The van der Waals surface area contributed by atoms with Crippen LogP contribution in [0.1, 0.15) is 12.5 Å². The third kappa shape index (κ3) is 2.91. The van der Waals surface area contributed by atoms with Crippen molar-refractivity contribution >= 4 is 11.5 Å². The van der Waals surface area contributed by atoms with Crippen molar-refractivity contribution in [2.24, 2.45) is 0 Å². The largest absolute Gasteiger partial charge is 0.379 e. The fraction of sp³-hybridized carbons (Fsp3) is 0.571. The van der Waals surface area contributed by atoms with Gasteiger partial charge in [-0.3, -0.25) is 4.90 Å². The minimum absolute atomic E-state index is 0.349. The zero-order valence-corrected chi connectivity index (χ0v) is 12.0. The first-order valence-electron chi connectivity index (χ1n) is 7.09. The standard InChI is InChI=1S/C14H21N5O/c1-11-7-13-15-10-16-19(13)14(8-11)17-12(2)9-18-3-5-20-6-4-18/h7-8,10,12,17H,3-6,9H2,1-2H3. The molecule has 0 spiro atoms. The van der Waals surface area contributed by atoms with Crippen molar-refractivity contribution in [1.82, 2.24) is 19.5 Å². The molecule has 3 heterocycles. The monoisotopic (exact) mass is 275 g/mol. The van der Waals surface area contributed by atoms with Crippen molar-refractivity contribution in [3.05, 3.63) is 24.0 Å². The summed E-state index contributed by atoms with van der Waals surface area (Å²) in [5.41, 5.74) is 2.07. The molecule has 1 aliphatic heterocycles. The van der Waals surface area contributed by atoms with Crippen LogP contribution in [-0.4, -0.2) is 58.4 Å². The summed E-state index contributed by atoms with van der Waals surface area (Å²) < 4.78 is 7.23. The Balaban J connectivity index is 1.70. The van der Waals surface area contributed by atoms with Crippen LogP contribution < -0.4 is 5.32 Å². The first-order valence-corrected chi connectivity index (χ1v) is 7.09. The molecule has 3 rings (SSSR count). The zero-order valence-electron chi connectivity index (χ0n) is 12.0. The van der Waals surface area contributed by atoms with Crippen LogP contribution in [0, 0.1) is 6.92 Å². The second-order valence-electron chi connectivity index (χ2n) is 5.41. The fourth-order valence-electron chi connectivity index (χ4n) is 2.63. The molecule has 2 aromatic heterocycles. The van der Waals surface area contributed by atoms with Gasteiger partial charge in [-0.25, -0.2) is 4.98 Å². The van der Waals surface area contributed by atoms with E-state index in [1.54, 1.807) is 6.33 Å². The Morgan fingerprint density at radius 2 is 2.15 bits per heavy atom. The van der Waals surface area contributed by atoms with Gasteiger partial charge in [-0.05, 0) is 31.5 Å². The Hall–Kier alpha value is -1.66. The molecule has 1 fully saturated rings. The minimum Gasteiger partial charge on any atom is -0.379 e. The van der Waals surface area contributed by atoms with Crippen molar-refractivity contribution in [2.75, 3.05) is 38.2 Å². The topological polar surface area (TPSA) is 54.7 Å². The summed E-state index contributed by atoms with van der Waals surface area (Å²) in [7, 11) is 0. The maximum absolute atomic E-state index is 5.38. The molecule has 6 heteroatoms. The summed E-state index contributed by atoms with van der Waals surface area (Å²) in [4.78, 5) is 6.67. The number of nitrogens with one attached hydrogen (secondary N) is 1. The van der Waals surface area contributed by atoms with Crippen LogP contribution in [0.3, 0.4) is 0 Å². The van der Waals surface area contributed by atoms with E-state index in [-0.39, 0.29) is 0 Å². The van der Waals surface area contributed by atoms with Gasteiger partial charge in [0.1, 0.15) is 12.1 Å². The van der Waals surface area contributed by atoms with E-state index < -0.39 is 0 Å². The summed E-state index contributed by atoms with van der Waals surface area (Å²) >= 11 is 0. The molecule has 0 radical (unpaired) electrons. The first kappa shape index (κ1) is 13.3. The van der Waals surface area contributed by atoms with E-state index in [0.717, 1.165) is 44.3 Å². The van der Waals surface area contributed by atoms with Gasteiger partial charge in [-0.15, -0.1) is 0 Å². The molecule has 0 saturated carbocycles. The maximum atomic E-state index is 5.38. The molecule has 20 heavy (non-hydrogen) atoms. The molecule has 1 aliphatic rings. The molecule has 1 atom stereocenters. The molecular weight excluding hydrogens is 254 g/mol. The Kier molecular flexibility index (Phi) is 3.84. The number of anilines is 1. The van der Waals surface area contributed by atoms with Gasteiger partial charge >= 0.3 is 0 Å². The van der Waals surface area contributed by atoms with Gasteiger partial charge in [0.25, 0.3) is 0 Å². The summed E-state index contributed by atoms with van der Waals surface area (Å²) in [5, 5.41) is 7.81. The number of fused-ring (bicyclic) bond motifs is 1. The van der Waals surface area contributed by atoms with Crippen molar-refractivity contribution in [1.29, 1.82) is 0 Å². The predicted octanol–water partition coefficient (Wildman–Crippen LogP) is 1.17. The highest BCUT2D eigenvalue weighted by atomic mass is 16.5. The number of nitrogens with zero attached hydrogens (tertiary/aromatic N) is 4.